The summed E-state index contributed by atoms with van der Waals surface area (Å²) in [6.07, 6.45) is 3.96. The number of aromatic hydroxyl groups is 1. The Morgan fingerprint density at radius 2 is 2.00 bits per heavy atom. The Morgan fingerprint density at radius 1 is 1.18 bits per heavy atom. The highest BCUT2D eigenvalue weighted by atomic mass is 16.5. The molecule has 0 aromatic heterocycles. The third-order valence-electron chi connectivity index (χ3n) is 4.93. The van der Waals surface area contributed by atoms with Crippen molar-refractivity contribution in [1.29, 1.82) is 0 Å². The summed E-state index contributed by atoms with van der Waals surface area (Å²) in [6.45, 7) is 5.31. The van der Waals surface area contributed by atoms with Crippen molar-refractivity contribution >= 4 is 11.5 Å². The van der Waals surface area contributed by atoms with Crippen LogP contribution in [-0.4, -0.2) is 49.3 Å². The summed E-state index contributed by atoms with van der Waals surface area (Å²) in [7, 11) is 1.56. The Morgan fingerprint density at radius 3 is 2.68 bits per heavy atom. The number of ether oxygens (including phenoxy) is 1. The molecule has 0 atom stereocenters. The largest absolute Gasteiger partial charge is 0.504 e. The molecule has 0 fully saturated rings. The van der Waals surface area contributed by atoms with Crippen LogP contribution in [0, 0.1) is 0 Å². The summed E-state index contributed by atoms with van der Waals surface area (Å²) in [5.41, 5.74) is 3.55. The van der Waals surface area contributed by atoms with Gasteiger partial charge in [0.05, 0.1) is 7.11 Å². The number of aliphatic imine (C=N–C) groups is 1. The molecule has 5 heteroatoms. The number of nitrogens with zero attached hydrogens (tertiary/aromatic N) is 2. The van der Waals surface area contributed by atoms with Crippen LogP contribution < -0.4 is 10.1 Å². The molecule has 0 saturated heterocycles. The van der Waals surface area contributed by atoms with Crippen LogP contribution in [0.1, 0.15) is 24.5 Å². The van der Waals surface area contributed by atoms with Gasteiger partial charge >= 0.3 is 0 Å². The predicted molar refractivity (Wildman–Crippen MR) is 115 cm³/mol. The Bertz CT molecular complexity index is 831. The van der Waals surface area contributed by atoms with Gasteiger partial charge in [0, 0.05) is 26.2 Å². The molecule has 2 N–H and O–H groups in total. The maximum absolute atomic E-state index is 10.2. The predicted octanol–water partition coefficient (Wildman–Crippen LogP) is 3.70. The fourth-order valence-electron chi connectivity index (χ4n) is 3.42. The molecule has 0 amide bonds. The zero-order chi connectivity index (χ0) is 19.8. The van der Waals surface area contributed by atoms with Gasteiger partial charge < -0.3 is 20.1 Å². The number of methoxy groups -OCH3 is 1. The standard InChI is InChI=1S/C23H29N3O2/c1-3-24-23(25-15-12-20-10-7-11-21(28-2)22(20)27)26-16-13-19(14-17-26)18-8-5-4-6-9-18/h4-11,13,27H,3,12,14-17H2,1-2H3,(H,24,25). The number of guanidine groups is 1. The zero-order valence-electron chi connectivity index (χ0n) is 16.7. The SMILES string of the molecule is CCNC(=NCCc1cccc(OC)c1O)N1CC=C(c2ccccc2)CC1. The lowest BCUT2D eigenvalue weighted by Gasteiger charge is -2.30. The molecular weight excluding hydrogens is 350 g/mol. The molecule has 0 bridgehead atoms. The molecule has 28 heavy (non-hydrogen) atoms. The molecule has 1 aliphatic heterocycles. The fraction of sp³-hybridized carbons (Fsp3) is 0.348. The van der Waals surface area contributed by atoms with Gasteiger partial charge in [-0.25, -0.2) is 0 Å². The van der Waals surface area contributed by atoms with Gasteiger partial charge in [-0.05, 0) is 42.5 Å². The molecule has 2 aromatic carbocycles. The maximum atomic E-state index is 10.2. The first-order valence-electron chi connectivity index (χ1n) is 9.85. The van der Waals surface area contributed by atoms with Gasteiger partial charge in [0.2, 0.25) is 0 Å². The van der Waals surface area contributed by atoms with Crippen molar-refractivity contribution in [2.24, 2.45) is 4.99 Å². The molecule has 0 unspecified atom stereocenters. The fourth-order valence-corrected chi connectivity index (χ4v) is 3.42. The second-order valence-corrected chi connectivity index (χ2v) is 6.75. The average Bonchev–Trinajstić information content (AvgIpc) is 2.75. The number of para-hydroxylation sites is 1. The Labute approximate surface area is 167 Å². The minimum absolute atomic E-state index is 0.207. The Kier molecular flexibility index (Phi) is 6.95. The van der Waals surface area contributed by atoms with Crippen molar-refractivity contribution in [1.82, 2.24) is 10.2 Å². The van der Waals surface area contributed by atoms with Gasteiger partial charge in [0.15, 0.2) is 17.5 Å². The van der Waals surface area contributed by atoms with Gasteiger partial charge in [-0.2, -0.15) is 0 Å². The molecule has 5 nitrogen and oxygen atoms in total. The molecule has 1 heterocycles. The van der Waals surface area contributed by atoms with Crippen molar-refractivity contribution in [3.05, 3.63) is 65.7 Å². The Balaban J connectivity index is 1.64. The van der Waals surface area contributed by atoms with Crippen LogP contribution in [0.4, 0.5) is 0 Å². The molecule has 148 valence electrons. The molecule has 0 aliphatic carbocycles. The zero-order valence-corrected chi connectivity index (χ0v) is 16.7. The molecule has 2 aromatic rings. The summed E-state index contributed by atoms with van der Waals surface area (Å²) in [6, 6.07) is 16.1. The van der Waals surface area contributed by atoms with Crippen LogP contribution in [0.2, 0.25) is 0 Å². The number of phenolic OH excluding ortho intramolecular Hbond substituents is 1. The topological polar surface area (TPSA) is 57.1 Å². The Hall–Kier alpha value is -2.95. The van der Waals surface area contributed by atoms with E-state index in [1.165, 1.54) is 11.1 Å². The van der Waals surface area contributed by atoms with E-state index in [-0.39, 0.29) is 5.75 Å². The molecule has 0 saturated carbocycles. The number of hydrogen-bond acceptors (Lipinski definition) is 3. The molecular formula is C23H29N3O2. The van der Waals surface area contributed by atoms with Gasteiger partial charge in [-0.3, -0.25) is 4.99 Å². The summed E-state index contributed by atoms with van der Waals surface area (Å²) in [4.78, 5) is 7.06. The second kappa shape index (κ2) is 9.83. The van der Waals surface area contributed by atoms with E-state index in [0.717, 1.165) is 37.6 Å². The van der Waals surface area contributed by atoms with Crippen molar-refractivity contribution in [2.45, 2.75) is 19.8 Å². The van der Waals surface area contributed by atoms with Gasteiger partial charge in [0.25, 0.3) is 0 Å². The lowest BCUT2D eigenvalue weighted by molar-refractivity contribution is 0.370. The van der Waals surface area contributed by atoms with Crippen molar-refractivity contribution in [3.8, 4) is 11.5 Å². The first-order valence-corrected chi connectivity index (χ1v) is 9.85. The number of benzene rings is 2. The minimum atomic E-state index is 0.207. The third-order valence-corrected chi connectivity index (χ3v) is 4.93. The van der Waals surface area contributed by atoms with E-state index in [4.69, 9.17) is 9.73 Å². The number of phenols is 1. The van der Waals surface area contributed by atoms with Gasteiger partial charge in [-0.15, -0.1) is 0 Å². The van der Waals surface area contributed by atoms with Crippen molar-refractivity contribution in [2.75, 3.05) is 33.3 Å². The normalized spacial score (nSPS) is 14.6. The van der Waals surface area contributed by atoms with E-state index < -0.39 is 0 Å². The highest BCUT2D eigenvalue weighted by Gasteiger charge is 2.16. The minimum Gasteiger partial charge on any atom is -0.504 e. The highest BCUT2D eigenvalue weighted by molar-refractivity contribution is 5.81. The van der Waals surface area contributed by atoms with E-state index in [0.29, 0.717) is 18.7 Å². The van der Waals surface area contributed by atoms with E-state index in [2.05, 4.69) is 53.5 Å². The highest BCUT2D eigenvalue weighted by Crippen LogP contribution is 2.29. The molecule has 0 spiro atoms. The molecule has 1 aliphatic rings. The summed E-state index contributed by atoms with van der Waals surface area (Å²) in [5, 5.41) is 13.6. The van der Waals surface area contributed by atoms with Crippen LogP contribution >= 0.6 is 0 Å². The monoisotopic (exact) mass is 379 g/mol. The van der Waals surface area contributed by atoms with Crippen LogP contribution in [-0.2, 0) is 6.42 Å². The van der Waals surface area contributed by atoms with E-state index in [1.54, 1.807) is 13.2 Å². The number of nitrogens with one attached hydrogen (secondary N) is 1. The first kappa shape index (κ1) is 19.8. The maximum Gasteiger partial charge on any atom is 0.194 e. The summed E-state index contributed by atoms with van der Waals surface area (Å²) >= 11 is 0. The number of rotatable bonds is 6. The van der Waals surface area contributed by atoms with Gasteiger partial charge in [0.1, 0.15) is 0 Å². The van der Waals surface area contributed by atoms with Crippen molar-refractivity contribution in [3.63, 3.8) is 0 Å². The lowest BCUT2D eigenvalue weighted by Crippen LogP contribution is -2.43. The molecule has 0 radical (unpaired) electrons. The average molecular weight is 380 g/mol. The van der Waals surface area contributed by atoms with Crippen LogP contribution in [0.5, 0.6) is 11.5 Å². The van der Waals surface area contributed by atoms with Crippen LogP contribution in [0.15, 0.2) is 59.6 Å². The van der Waals surface area contributed by atoms with Crippen LogP contribution in [0.25, 0.3) is 5.57 Å². The van der Waals surface area contributed by atoms with E-state index in [9.17, 15) is 5.11 Å². The smallest absolute Gasteiger partial charge is 0.194 e. The number of hydrogen-bond donors (Lipinski definition) is 2. The molecule has 3 rings (SSSR count). The summed E-state index contributed by atoms with van der Waals surface area (Å²) in [5.74, 6) is 1.63. The third kappa shape index (κ3) is 4.85. The van der Waals surface area contributed by atoms with Gasteiger partial charge in [-0.1, -0.05) is 48.5 Å². The van der Waals surface area contributed by atoms with E-state index in [1.807, 2.05) is 12.1 Å². The second-order valence-electron chi connectivity index (χ2n) is 6.75. The summed E-state index contributed by atoms with van der Waals surface area (Å²) < 4.78 is 5.18. The quantitative estimate of drug-likeness (QED) is 0.594. The van der Waals surface area contributed by atoms with E-state index >= 15 is 0 Å². The van der Waals surface area contributed by atoms with Crippen LogP contribution in [0.3, 0.4) is 0 Å². The lowest BCUT2D eigenvalue weighted by atomic mass is 10.00. The first-order chi connectivity index (χ1) is 13.7. The van der Waals surface area contributed by atoms with Crippen molar-refractivity contribution < 1.29 is 9.84 Å².